The number of fused-ring (bicyclic) bond motifs is 1. The highest BCUT2D eigenvalue weighted by Crippen LogP contribution is 2.35. The van der Waals surface area contributed by atoms with Crippen molar-refractivity contribution in [3.63, 3.8) is 0 Å². The third kappa shape index (κ3) is 4.78. The van der Waals surface area contributed by atoms with Crippen LogP contribution in [-0.2, 0) is 23.0 Å². The number of rotatable bonds is 3. The van der Waals surface area contributed by atoms with E-state index < -0.39 is 16.1 Å². The Labute approximate surface area is 198 Å². The number of esters is 1. The van der Waals surface area contributed by atoms with Crippen LogP contribution in [0, 0.1) is 10.7 Å². The first-order valence-corrected chi connectivity index (χ1v) is 12.9. The molecule has 144 valence electrons. The second kappa shape index (κ2) is 8.79. The topological polar surface area (TPSA) is 80.7 Å². The Morgan fingerprint density at radius 2 is 1.56 bits per heavy atom. The summed E-state index contributed by atoms with van der Waals surface area (Å²) >= 11 is 6.40. The van der Waals surface area contributed by atoms with E-state index in [1.807, 2.05) is 12.1 Å². The van der Waals surface area contributed by atoms with Crippen LogP contribution in [0.2, 0.25) is 0 Å². The van der Waals surface area contributed by atoms with Gasteiger partial charge in [-0.25, -0.2) is 4.79 Å². The molecule has 0 amide bonds. The highest BCUT2D eigenvalue weighted by atomic mass is 127. The fourth-order valence-corrected chi connectivity index (χ4v) is 6.28. The van der Waals surface area contributed by atoms with Gasteiger partial charge in [0.25, 0.3) is 10.1 Å². The normalized spacial score (nSPS) is 14.4. The molecule has 0 saturated carbocycles. The van der Waals surface area contributed by atoms with E-state index in [1.165, 1.54) is 12.1 Å². The summed E-state index contributed by atoms with van der Waals surface area (Å²) in [6.45, 7) is 0. The van der Waals surface area contributed by atoms with E-state index in [0.29, 0.717) is 35.3 Å². The van der Waals surface area contributed by atoms with Crippen molar-refractivity contribution < 1.29 is 22.5 Å². The van der Waals surface area contributed by atoms with Crippen LogP contribution < -0.4 is 4.74 Å². The van der Waals surface area contributed by atoms with Crippen molar-refractivity contribution in [1.82, 2.24) is 0 Å². The minimum absolute atomic E-state index is 0.0855. The van der Waals surface area contributed by atoms with Gasteiger partial charge in [-0.3, -0.25) is 4.55 Å². The number of carbonyl (C=O) groups is 1. The molecule has 2 aromatic rings. The van der Waals surface area contributed by atoms with Crippen molar-refractivity contribution in [1.29, 1.82) is 0 Å². The van der Waals surface area contributed by atoms with E-state index in [9.17, 15) is 17.8 Å². The van der Waals surface area contributed by atoms with Gasteiger partial charge in [0, 0.05) is 10.7 Å². The van der Waals surface area contributed by atoms with E-state index in [0.717, 1.165) is 30.0 Å². The van der Waals surface area contributed by atoms with Crippen LogP contribution in [0.15, 0.2) is 29.2 Å². The first-order chi connectivity index (χ1) is 12.7. The van der Waals surface area contributed by atoms with Crippen molar-refractivity contribution >= 4 is 83.9 Å². The van der Waals surface area contributed by atoms with Crippen molar-refractivity contribution in [2.45, 2.75) is 37.0 Å². The Bertz CT molecular complexity index is 1020. The lowest BCUT2D eigenvalue weighted by Gasteiger charge is -2.16. The molecular formula is C18H15I3O5S. The summed E-state index contributed by atoms with van der Waals surface area (Å²) < 4.78 is 41.3. The molecule has 0 aliphatic heterocycles. The monoisotopic (exact) mass is 724 g/mol. The molecule has 0 heterocycles. The second-order valence-corrected chi connectivity index (χ2v) is 11.0. The number of carbonyl (C=O) groups excluding carboxylic acids is 1. The standard InChI is InChI=1S/C18H15I3O5S/c19-12-6-7-13(20)17(21)16(12)18(22)26-14-8-9-15(27(23,24)25)11-5-3-1-2-4-10(11)14/h6-9H,1-5H2,(H,23,24,25). The number of hydrogen-bond acceptors (Lipinski definition) is 4. The van der Waals surface area contributed by atoms with Gasteiger partial charge in [-0.2, -0.15) is 8.42 Å². The van der Waals surface area contributed by atoms with E-state index in [-0.39, 0.29) is 4.90 Å². The predicted octanol–water partition coefficient (Wildman–Crippen LogP) is 5.24. The molecule has 0 atom stereocenters. The molecule has 1 aliphatic carbocycles. The van der Waals surface area contributed by atoms with Crippen LogP contribution in [0.5, 0.6) is 5.75 Å². The van der Waals surface area contributed by atoms with Gasteiger partial charge >= 0.3 is 5.97 Å². The molecular weight excluding hydrogens is 709 g/mol. The molecule has 0 saturated heterocycles. The van der Waals surface area contributed by atoms with Gasteiger partial charge in [0.05, 0.1) is 10.5 Å². The first-order valence-electron chi connectivity index (χ1n) is 8.18. The molecule has 0 bridgehead atoms. The van der Waals surface area contributed by atoms with E-state index in [4.69, 9.17) is 4.74 Å². The van der Waals surface area contributed by atoms with Crippen LogP contribution in [0.4, 0.5) is 0 Å². The molecule has 2 aromatic carbocycles. The van der Waals surface area contributed by atoms with E-state index in [2.05, 4.69) is 67.8 Å². The zero-order valence-corrected chi connectivity index (χ0v) is 21.3. The summed E-state index contributed by atoms with van der Waals surface area (Å²) in [5.41, 5.74) is 1.77. The molecule has 5 nitrogen and oxygen atoms in total. The second-order valence-electron chi connectivity index (χ2n) is 6.16. The molecule has 0 unspecified atom stereocenters. The van der Waals surface area contributed by atoms with Gasteiger partial charge in [-0.1, -0.05) is 6.42 Å². The average Bonchev–Trinajstić information content (AvgIpc) is 2.84. The Kier molecular flexibility index (Phi) is 7.07. The SMILES string of the molecule is O=C(Oc1ccc(S(=O)(=O)O)c2c1CCCCC2)c1c(I)ccc(I)c1I. The first kappa shape index (κ1) is 21.7. The molecule has 9 heteroatoms. The van der Waals surface area contributed by atoms with Crippen molar-refractivity contribution in [2.75, 3.05) is 0 Å². The summed E-state index contributed by atoms with van der Waals surface area (Å²) in [6, 6.07) is 6.60. The van der Waals surface area contributed by atoms with Crippen LogP contribution in [0.1, 0.15) is 40.7 Å². The number of ether oxygens (including phenoxy) is 1. The predicted molar refractivity (Wildman–Crippen MR) is 127 cm³/mol. The van der Waals surface area contributed by atoms with E-state index in [1.54, 1.807) is 0 Å². The summed E-state index contributed by atoms with van der Waals surface area (Å²) in [6.07, 6.45) is 3.82. The molecule has 1 N–H and O–H groups in total. The lowest BCUT2D eigenvalue weighted by Crippen LogP contribution is -2.15. The van der Waals surface area contributed by atoms with Gasteiger partial charge in [0.2, 0.25) is 0 Å². The lowest BCUT2D eigenvalue weighted by molar-refractivity contribution is 0.0730. The molecule has 0 spiro atoms. The molecule has 0 aromatic heterocycles. The summed E-state index contributed by atoms with van der Waals surface area (Å²) in [4.78, 5) is 12.8. The Morgan fingerprint density at radius 3 is 2.22 bits per heavy atom. The fraction of sp³-hybridized carbons (Fsp3) is 0.278. The van der Waals surface area contributed by atoms with Gasteiger partial charge < -0.3 is 4.74 Å². The Hall–Kier alpha value is 0.0100. The molecule has 0 radical (unpaired) electrons. The van der Waals surface area contributed by atoms with Crippen LogP contribution in [0.25, 0.3) is 0 Å². The summed E-state index contributed by atoms with van der Waals surface area (Å²) in [5.74, 6) is -0.0943. The van der Waals surface area contributed by atoms with Crippen molar-refractivity contribution in [3.05, 3.63) is 51.7 Å². The van der Waals surface area contributed by atoms with Crippen molar-refractivity contribution in [3.8, 4) is 5.75 Å². The zero-order chi connectivity index (χ0) is 19.8. The van der Waals surface area contributed by atoms with Crippen LogP contribution in [-0.4, -0.2) is 18.9 Å². The highest BCUT2D eigenvalue weighted by Gasteiger charge is 2.25. The maximum Gasteiger partial charge on any atom is 0.345 e. The average molecular weight is 724 g/mol. The number of hydrogen-bond donors (Lipinski definition) is 1. The zero-order valence-electron chi connectivity index (χ0n) is 14.0. The fourth-order valence-electron chi connectivity index (χ4n) is 3.18. The maximum absolute atomic E-state index is 12.9. The van der Waals surface area contributed by atoms with Gasteiger partial charge in [-0.05, 0) is 129 Å². The smallest absolute Gasteiger partial charge is 0.345 e. The number of halogens is 3. The van der Waals surface area contributed by atoms with Gasteiger partial charge in [0.15, 0.2) is 0 Å². The van der Waals surface area contributed by atoms with Crippen molar-refractivity contribution in [2.24, 2.45) is 0 Å². The van der Waals surface area contributed by atoms with Crippen LogP contribution >= 0.6 is 67.8 Å². The Morgan fingerprint density at radius 1 is 0.926 bits per heavy atom. The Balaban J connectivity index is 2.06. The summed E-state index contributed by atoms with van der Waals surface area (Å²) in [7, 11) is -4.32. The third-order valence-corrected chi connectivity index (χ3v) is 9.32. The number of benzene rings is 2. The minimum Gasteiger partial charge on any atom is -0.423 e. The summed E-state index contributed by atoms with van der Waals surface area (Å²) in [5, 5.41) is 0. The van der Waals surface area contributed by atoms with E-state index >= 15 is 0 Å². The maximum atomic E-state index is 12.9. The quantitative estimate of drug-likeness (QED) is 0.117. The third-order valence-electron chi connectivity index (χ3n) is 4.43. The van der Waals surface area contributed by atoms with Gasteiger partial charge in [0.1, 0.15) is 5.75 Å². The highest BCUT2D eigenvalue weighted by molar-refractivity contribution is 14.1. The lowest BCUT2D eigenvalue weighted by atomic mass is 10.0. The molecule has 3 rings (SSSR count). The minimum atomic E-state index is -4.32. The molecule has 0 fully saturated rings. The van der Waals surface area contributed by atoms with Crippen LogP contribution in [0.3, 0.4) is 0 Å². The molecule has 1 aliphatic rings. The van der Waals surface area contributed by atoms with Gasteiger partial charge in [-0.15, -0.1) is 0 Å². The molecule has 27 heavy (non-hydrogen) atoms. The largest absolute Gasteiger partial charge is 0.423 e.